The van der Waals surface area contributed by atoms with E-state index in [1.54, 1.807) is 172 Å². The summed E-state index contributed by atoms with van der Waals surface area (Å²) in [5.74, 6) is 3.41. The maximum atomic E-state index is 13.3. The molecule has 8 atom stereocenters. The molecule has 7 aromatic carbocycles. The van der Waals surface area contributed by atoms with Gasteiger partial charge in [-0.3, -0.25) is 34.3 Å². The predicted octanol–water partition coefficient (Wildman–Crippen LogP) is 26.8. The van der Waals surface area contributed by atoms with Gasteiger partial charge in [-0.15, -0.1) is 11.8 Å². The number of sulfone groups is 2. The zero-order chi connectivity index (χ0) is 111. The van der Waals surface area contributed by atoms with E-state index in [1.165, 1.54) is 6.07 Å². The Morgan fingerprint density at radius 1 is 0.480 bits per heavy atom. The van der Waals surface area contributed by atoms with Gasteiger partial charge >= 0.3 is 0 Å². The lowest BCUT2D eigenvalue weighted by Crippen LogP contribution is -2.29. The number of aryl methyl sites for hydroxylation is 3. The molecule has 0 spiro atoms. The molecular formula is C109H142Br2Cl4N10O20S5. The van der Waals surface area contributed by atoms with E-state index in [9.17, 15) is 40.6 Å². The minimum Gasteiger partial charge on any atom is -0.507 e. The monoisotopic (exact) mass is 2370 g/mol. The molecule has 16 rings (SSSR count). The zero-order valence-corrected chi connectivity index (χ0v) is 99.3. The molecule has 13 aromatic rings. The van der Waals surface area contributed by atoms with Crippen molar-refractivity contribution in [2.45, 2.75) is 298 Å². The second-order valence-corrected chi connectivity index (χ2v) is 53.9. The van der Waals surface area contributed by atoms with Crippen molar-refractivity contribution in [3.63, 3.8) is 0 Å². The smallest absolute Gasteiger partial charge is 0.297 e. The minimum atomic E-state index is -3.73. The zero-order valence-electron chi connectivity index (χ0n) is 89.0. The van der Waals surface area contributed by atoms with E-state index in [-0.39, 0.29) is 98.4 Å². The summed E-state index contributed by atoms with van der Waals surface area (Å²) in [6.07, 6.45) is 13.6. The lowest BCUT2D eigenvalue weighted by atomic mass is 10.1. The average molecular weight is 2370 g/mol. The van der Waals surface area contributed by atoms with E-state index in [0.29, 0.717) is 72.4 Å². The molecule has 820 valence electrons. The number of thiol groups is 1. The van der Waals surface area contributed by atoms with Crippen LogP contribution in [0.25, 0.3) is 54.4 Å². The van der Waals surface area contributed by atoms with Crippen LogP contribution >= 0.6 is 103 Å². The van der Waals surface area contributed by atoms with Gasteiger partial charge in [0.05, 0.1) is 108 Å². The molecule has 0 amide bonds. The van der Waals surface area contributed by atoms with Gasteiger partial charge in [0, 0.05) is 134 Å². The molecule has 9 heterocycles. The van der Waals surface area contributed by atoms with Crippen LogP contribution in [0.15, 0.2) is 181 Å². The summed E-state index contributed by atoms with van der Waals surface area (Å²) in [6.45, 7) is 44.3. The molecule has 150 heavy (non-hydrogen) atoms. The van der Waals surface area contributed by atoms with E-state index in [0.717, 1.165) is 164 Å². The SMILES string of the molecule is CC(C)(C)S.C[C@@H](O)COc1cc2nccc(Cl)c2cc1S(=O)(=O)C(C)(C)C.C[C@H](COc1cc2nccc(Cl)c2cc1Br)OC1CCCCO1.C[C@H](COc1cc2nccc(Cl)c2cc1SC(C)(C)C)OC1CCCCO1.Cc1[nH]nc(N)c1C.Cc1[nH]nc(Nc2cccc3cc(OC[C@@H](C)O)c(S(=O)(=O)C(C)(C)C)cc23)c1C.Cc1ccc(S(=O)(=O)OC[C@@H](C)OC2CCCCO2)cc1.Oc1cc2nccc(Cl)c2cc1Br. The number of H-pyrrole nitrogens is 2. The molecule has 0 bridgehead atoms. The molecule has 3 aliphatic heterocycles. The molecule has 3 aliphatic rings. The van der Waals surface area contributed by atoms with Crippen LogP contribution in [0.5, 0.6) is 28.7 Å². The fraction of sp³-hybridized carbons (Fsp3) is 0.468. The highest BCUT2D eigenvalue weighted by Crippen LogP contribution is 2.45. The number of aliphatic hydroxyl groups is 2. The number of nitrogens with one attached hydrogen (secondary N) is 3. The van der Waals surface area contributed by atoms with Crippen molar-refractivity contribution >= 4 is 204 Å². The number of aromatic hydroxyl groups is 1. The van der Waals surface area contributed by atoms with Crippen LogP contribution in [0.3, 0.4) is 0 Å². The Bertz CT molecular complexity index is 6960. The summed E-state index contributed by atoms with van der Waals surface area (Å²) in [6, 6.07) is 36.7. The number of rotatable bonds is 27. The molecule has 0 saturated carbocycles. The number of aliphatic hydroxyl groups excluding tert-OH is 2. The third-order valence-electron chi connectivity index (χ3n) is 22.6. The first-order chi connectivity index (χ1) is 70.3. The van der Waals surface area contributed by atoms with E-state index in [1.807, 2.05) is 90.9 Å². The molecule has 3 saturated heterocycles. The number of halogens is 6. The number of nitrogen functional groups attached to an aromatic ring is 1. The molecular weight excluding hydrogens is 2230 g/mol. The Hall–Kier alpha value is -8.23. The summed E-state index contributed by atoms with van der Waals surface area (Å²) >= 11 is 37.3. The number of phenolic OH excluding ortho intramolecular Hbond substituents is 1. The van der Waals surface area contributed by atoms with Gasteiger partial charge in [-0.05, 0) is 285 Å². The quantitative estimate of drug-likeness (QED) is 0.0135. The fourth-order valence-electron chi connectivity index (χ4n) is 14.2. The Labute approximate surface area is 928 Å². The first kappa shape index (κ1) is 125. The number of benzene rings is 7. The summed E-state index contributed by atoms with van der Waals surface area (Å²) in [5, 5.41) is 52.7. The highest BCUT2D eigenvalue weighted by atomic mass is 79.9. The number of hydrogen-bond acceptors (Lipinski definition) is 30. The number of nitrogens with zero attached hydrogens (tertiary/aromatic N) is 6. The maximum Gasteiger partial charge on any atom is 0.297 e. The molecule has 0 radical (unpaired) electrons. The Balaban J connectivity index is 0.000000197. The van der Waals surface area contributed by atoms with E-state index in [2.05, 4.69) is 138 Å². The van der Waals surface area contributed by atoms with Crippen molar-refractivity contribution in [3.8, 4) is 28.7 Å². The lowest BCUT2D eigenvalue weighted by Gasteiger charge is -2.26. The van der Waals surface area contributed by atoms with Gasteiger partial charge in [-0.25, -0.2) is 16.8 Å². The lowest BCUT2D eigenvalue weighted by molar-refractivity contribution is -0.189. The topological polar surface area (TPSA) is 412 Å². The number of anilines is 3. The van der Waals surface area contributed by atoms with E-state index in [4.69, 9.17) is 104 Å². The van der Waals surface area contributed by atoms with Crippen molar-refractivity contribution in [3.05, 3.63) is 209 Å². The first-order valence-corrected chi connectivity index (χ1v) is 58.0. The average Bonchev–Trinajstić information content (AvgIpc) is 0.937. The summed E-state index contributed by atoms with van der Waals surface area (Å²) in [7, 11) is -11.1. The second-order valence-electron chi connectivity index (χ2n) is 40.4. The normalized spacial score (nSPS) is 16.1. The van der Waals surface area contributed by atoms with Crippen molar-refractivity contribution < 1.29 is 92.1 Å². The van der Waals surface area contributed by atoms with Crippen molar-refractivity contribution in [2.24, 2.45) is 0 Å². The highest BCUT2D eigenvalue weighted by Gasteiger charge is 2.37. The molecule has 3 fully saturated rings. The third kappa shape index (κ3) is 38.4. The largest absolute Gasteiger partial charge is 0.507 e. The number of nitrogens with two attached hydrogens (primary N) is 1. The predicted molar refractivity (Wildman–Crippen MR) is 612 cm³/mol. The molecule has 30 nitrogen and oxygen atoms in total. The van der Waals surface area contributed by atoms with Crippen LogP contribution in [-0.4, -0.2) is 202 Å². The Morgan fingerprint density at radius 2 is 0.867 bits per heavy atom. The molecule has 3 unspecified atom stereocenters. The van der Waals surface area contributed by atoms with Crippen LogP contribution in [0.2, 0.25) is 20.1 Å². The number of phenols is 1. The Morgan fingerprint density at radius 3 is 1.27 bits per heavy atom. The van der Waals surface area contributed by atoms with Crippen LogP contribution in [0.4, 0.5) is 17.3 Å². The van der Waals surface area contributed by atoms with Gasteiger partial charge in [0.2, 0.25) is 0 Å². The van der Waals surface area contributed by atoms with Crippen LogP contribution in [0, 0.1) is 34.6 Å². The molecule has 6 aromatic heterocycles. The van der Waals surface area contributed by atoms with Crippen molar-refractivity contribution in [1.82, 2.24) is 40.3 Å². The number of hydrogen-bond donors (Lipinski definition) is 8. The van der Waals surface area contributed by atoms with Gasteiger partial charge in [-0.1, -0.05) is 118 Å². The number of fused-ring (bicyclic) bond motifs is 5. The van der Waals surface area contributed by atoms with Gasteiger partial charge in [-0.2, -0.15) is 31.2 Å². The Kier molecular flexibility index (Phi) is 47.5. The van der Waals surface area contributed by atoms with Gasteiger partial charge in [0.15, 0.2) is 44.4 Å². The second kappa shape index (κ2) is 56.9. The van der Waals surface area contributed by atoms with Crippen LogP contribution < -0.4 is 30.0 Å². The number of aromatic amines is 2. The minimum absolute atomic E-state index is 0.00184. The molecule has 41 heteroatoms. The van der Waals surface area contributed by atoms with Gasteiger partial charge < -0.3 is 73.7 Å². The van der Waals surface area contributed by atoms with E-state index < -0.39 is 51.5 Å². The summed E-state index contributed by atoms with van der Waals surface area (Å²) in [4.78, 5) is 18.4. The number of ether oxygens (including phenoxy) is 10. The standard InChI is InChI=1S/C22H29N3O4S.C21H28ClNO3S.C17H19BrClNO3.C16H20ClNO4S.C15H22O5S.C9H5BrClNO.C5H9N3.C4H10S/c1-13(26)12-29-19-10-16-8-7-9-18(23-21-14(2)15(3)24-25-21)17(16)11-20(19)30(27,28)22(4,5)6;1-14(26-20-7-5-6-10-24-20)13-25-18-12-17-15(16(22)8-9-23-17)11-19(18)27-21(2,3)4;1-11(23-17-4-2-3-7-21-17)10-22-16-9-15-12(8-13(16)18)14(19)5-6-20-15;1-10(19)9-22-14-8-13-11(12(17)5-6-18-13)7-15(14)23(20,21)16(2,3)4;1-12-6-8-14(9-7-12)21(16,17)19-11-13(2)20-15-5-3-4-10-18-15;10-6-3-5-7(11)1-2-12-8(5)4-9(6)13;1-3-4(2)7-8-5(3)6;1-4(2,3)5/h7-11,13,26H,12H2,1-6H3,(H2,23,24,25);8-9,11-12,14,20H,5-7,10,13H2,1-4H3;5-6,8-9,11,17H,2-4,7,10H2,1H3;5-8,10,19H,9H2,1-4H3;6-9,13,15H,3-5,10-11H2,1-2H3;1-4,13H;1-2H3,(H3,6,7,8);5H,1-3H3/t13-;14-,20?;11-,17?;10-;13-,15?;;;/m11111.../s1. The molecule has 8 N–H and O–H groups in total. The number of pyridine rings is 4. The summed E-state index contributed by atoms with van der Waals surface area (Å²) in [5.41, 5.74) is 14.0. The van der Waals surface area contributed by atoms with E-state index >= 15 is 0 Å². The highest BCUT2D eigenvalue weighted by molar-refractivity contribution is 9.11. The van der Waals surface area contributed by atoms with Gasteiger partial charge in [0.25, 0.3) is 10.1 Å². The third-order valence-corrected chi connectivity index (χ3v) is 32.6. The fourth-order valence-corrected chi connectivity index (χ4v) is 20.5. The molecule has 0 aliphatic carbocycles. The van der Waals surface area contributed by atoms with Crippen molar-refractivity contribution in [2.75, 3.05) is 63.9 Å². The van der Waals surface area contributed by atoms with Crippen LogP contribution in [-0.2, 0) is 62.4 Å². The summed E-state index contributed by atoms with van der Waals surface area (Å²) < 4.78 is 139. The van der Waals surface area contributed by atoms with Crippen molar-refractivity contribution in [1.29, 1.82) is 0 Å². The first-order valence-electron chi connectivity index (χ1n) is 49.3. The number of thioether (sulfide) groups is 1. The maximum absolute atomic E-state index is 13.3. The number of aromatic nitrogens is 8. The van der Waals surface area contributed by atoms with Crippen LogP contribution in [0.1, 0.15) is 204 Å². The van der Waals surface area contributed by atoms with Gasteiger partial charge in [0.1, 0.15) is 70.8 Å².